The van der Waals surface area contributed by atoms with Crippen molar-refractivity contribution in [2.75, 3.05) is 0 Å². The highest BCUT2D eigenvalue weighted by Gasteiger charge is 2.34. The molecule has 1 aromatic carbocycles. The number of H-pyrrole nitrogens is 1. The summed E-state index contributed by atoms with van der Waals surface area (Å²) in [7, 11) is 1.64. The number of nitrogens with zero attached hydrogens (tertiary/aromatic N) is 4. The van der Waals surface area contributed by atoms with E-state index in [-0.39, 0.29) is 17.9 Å². The Bertz CT molecular complexity index is 1190. The van der Waals surface area contributed by atoms with Crippen LogP contribution in [-0.4, -0.2) is 30.5 Å². The maximum absolute atomic E-state index is 13.3. The number of aromatic nitrogens is 5. The minimum Gasteiger partial charge on any atom is -0.343 e. The topological polar surface area (TPSA) is 97.6 Å². The molecule has 0 aliphatic carbocycles. The van der Waals surface area contributed by atoms with Gasteiger partial charge in [0.15, 0.2) is 16.3 Å². The summed E-state index contributed by atoms with van der Waals surface area (Å²) >= 11 is 4.97. The van der Waals surface area contributed by atoms with Crippen LogP contribution in [0.1, 0.15) is 27.6 Å². The summed E-state index contributed by atoms with van der Waals surface area (Å²) in [4.78, 5) is 24.7. The zero-order valence-corrected chi connectivity index (χ0v) is 16.1. The van der Waals surface area contributed by atoms with Gasteiger partial charge in [-0.25, -0.2) is 4.68 Å². The summed E-state index contributed by atoms with van der Waals surface area (Å²) in [6, 6.07) is 5.83. The van der Waals surface area contributed by atoms with Crippen LogP contribution in [-0.2, 0) is 19.8 Å². The number of amides is 1. The second-order valence-corrected chi connectivity index (χ2v) is 6.50. The van der Waals surface area contributed by atoms with Crippen molar-refractivity contribution in [1.29, 1.82) is 0 Å². The molecule has 12 heteroatoms. The number of rotatable bonds is 4. The smallest absolute Gasteiger partial charge is 0.343 e. The highest BCUT2D eigenvalue weighted by atomic mass is 32.1. The van der Waals surface area contributed by atoms with E-state index >= 15 is 0 Å². The first-order valence-electron chi connectivity index (χ1n) is 8.25. The van der Waals surface area contributed by atoms with E-state index in [4.69, 9.17) is 12.2 Å². The SMILES string of the molecule is Cc1cc(=O)c(C(=O)NCc2n[nH]c(=S)n2C)nn1-c1ccccc1C(F)(F)F. The van der Waals surface area contributed by atoms with Gasteiger partial charge in [-0.05, 0) is 31.3 Å². The second kappa shape index (κ2) is 7.62. The minimum absolute atomic E-state index is 0.0589. The number of benzene rings is 1. The normalized spacial score (nSPS) is 11.5. The maximum atomic E-state index is 13.3. The summed E-state index contributed by atoms with van der Waals surface area (Å²) in [5, 5.41) is 12.8. The molecule has 0 fully saturated rings. The lowest BCUT2D eigenvalue weighted by molar-refractivity contribution is -0.137. The average molecular weight is 424 g/mol. The van der Waals surface area contributed by atoms with Crippen LogP contribution in [0.3, 0.4) is 0 Å². The molecular weight excluding hydrogens is 409 g/mol. The fraction of sp³-hybridized carbons (Fsp3) is 0.235. The number of alkyl halides is 3. The van der Waals surface area contributed by atoms with Gasteiger partial charge < -0.3 is 9.88 Å². The van der Waals surface area contributed by atoms with Crippen LogP contribution in [0.4, 0.5) is 13.2 Å². The van der Waals surface area contributed by atoms with Gasteiger partial charge in [-0.15, -0.1) is 0 Å². The standard InChI is InChI=1S/C17H15F3N6O2S/c1-9-7-12(27)14(15(28)21-8-13-22-23-16(29)25(13)2)24-26(9)11-6-4-3-5-10(11)17(18,19)20/h3-7H,8H2,1-2H3,(H,21,28)(H,23,29). The highest BCUT2D eigenvalue weighted by molar-refractivity contribution is 7.71. The molecule has 0 atom stereocenters. The van der Waals surface area contributed by atoms with Crippen molar-refractivity contribution in [3.05, 3.63) is 68.1 Å². The van der Waals surface area contributed by atoms with Gasteiger partial charge in [-0.2, -0.15) is 23.4 Å². The molecule has 0 bridgehead atoms. The first-order chi connectivity index (χ1) is 13.6. The molecule has 0 radical (unpaired) electrons. The van der Waals surface area contributed by atoms with Crippen molar-refractivity contribution in [2.45, 2.75) is 19.6 Å². The fourth-order valence-electron chi connectivity index (χ4n) is 2.63. The third kappa shape index (κ3) is 4.11. The summed E-state index contributed by atoms with van der Waals surface area (Å²) in [6.45, 7) is 1.37. The number of aromatic amines is 1. The Labute approximate surface area is 167 Å². The Kier molecular flexibility index (Phi) is 5.38. The molecule has 2 aromatic heterocycles. The Balaban J connectivity index is 1.99. The molecule has 0 saturated heterocycles. The summed E-state index contributed by atoms with van der Waals surface area (Å²) in [5.74, 6) is -0.444. The largest absolute Gasteiger partial charge is 0.418 e. The highest BCUT2D eigenvalue weighted by Crippen LogP contribution is 2.33. The van der Waals surface area contributed by atoms with Crippen molar-refractivity contribution in [1.82, 2.24) is 29.9 Å². The number of hydrogen-bond acceptors (Lipinski definition) is 5. The molecule has 8 nitrogen and oxygen atoms in total. The fourth-order valence-corrected chi connectivity index (χ4v) is 2.78. The molecule has 0 spiro atoms. The van der Waals surface area contributed by atoms with Crippen LogP contribution < -0.4 is 10.7 Å². The molecule has 2 heterocycles. The van der Waals surface area contributed by atoms with Crippen LogP contribution in [0, 0.1) is 11.7 Å². The van der Waals surface area contributed by atoms with Crippen molar-refractivity contribution in [3.63, 3.8) is 0 Å². The Hall–Kier alpha value is -3.28. The molecule has 1 amide bonds. The monoisotopic (exact) mass is 424 g/mol. The van der Waals surface area contributed by atoms with Crippen molar-refractivity contribution in [3.8, 4) is 5.69 Å². The van der Waals surface area contributed by atoms with Gasteiger partial charge in [0.2, 0.25) is 5.43 Å². The molecule has 0 saturated carbocycles. The first kappa shape index (κ1) is 20.5. The van der Waals surface area contributed by atoms with E-state index in [0.717, 1.165) is 16.8 Å². The molecular formula is C17H15F3N6O2S. The van der Waals surface area contributed by atoms with Gasteiger partial charge in [-0.3, -0.25) is 14.7 Å². The summed E-state index contributed by atoms with van der Waals surface area (Å²) < 4.78 is 42.8. The Morgan fingerprint density at radius 1 is 1.31 bits per heavy atom. The Morgan fingerprint density at radius 2 is 2.00 bits per heavy atom. The number of aryl methyl sites for hydroxylation is 1. The minimum atomic E-state index is -4.63. The quantitative estimate of drug-likeness (QED) is 0.627. The molecule has 3 rings (SSSR count). The third-order valence-corrected chi connectivity index (χ3v) is 4.50. The molecule has 0 aliphatic rings. The van der Waals surface area contributed by atoms with E-state index in [1.54, 1.807) is 7.05 Å². The average Bonchev–Trinajstić information content (AvgIpc) is 2.97. The number of halogens is 3. The van der Waals surface area contributed by atoms with Crippen LogP contribution in [0.2, 0.25) is 0 Å². The second-order valence-electron chi connectivity index (χ2n) is 6.11. The lowest BCUT2D eigenvalue weighted by atomic mass is 10.1. The van der Waals surface area contributed by atoms with E-state index in [0.29, 0.717) is 10.6 Å². The summed E-state index contributed by atoms with van der Waals surface area (Å²) in [5.41, 5.74) is -2.33. The molecule has 29 heavy (non-hydrogen) atoms. The summed E-state index contributed by atoms with van der Waals surface area (Å²) in [6.07, 6.45) is -4.63. The number of carbonyl (C=O) groups excluding carboxylic acids is 1. The number of nitrogens with one attached hydrogen (secondary N) is 2. The van der Waals surface area contributed by atoms with E-state index in [1.807, 2.05) is 0 Å². The van der Waals surface area contributed by atoms with Crippen molar-refractivity contribution in [2.24, 2.45) is 7.05 Å². The Morgan fingerprint density at radius 3 is 2.62 bits per heavy atom. The zero-order chi connectivity index (χ0) is 21.3. The van der Waals surface area contributed by atoms with E-state index in [1.165, 1.54) is 29.7 Å². The molecule has 2 N–H and O–H groups in total. The lowest BCUT2D eigenvalue weighted by Gasteiger charge is -2.16. The van der Waals surface area contributed by atoms with Gasteiger partial charge in [-0.1, -0.05) is 12.1 Å². The number of hydrogen-bond donors (Lipinski definition) is 2. The van der Waals surface area contributed by atoms with Crippen molar-refractivity contribution >= 4 is 18.1 Å². The molecule has 0 aliphatic heterocycles. The van der Waals surface area contributed by atoms with Gasteiger partial charge in [0.1, 0.15) is 0 Å². The first-order valence-corrected chi connectivity index (χ1v) is 8.66. The lowest BCUT2D eigenvalue weighted by Crippen LogP contribution is -2.32. The van der Waals surface area contributed by atoms with Crippen LogP contribution in [0.25, 0.3) is 5.69 Å². The van der Waals surface area contributed by atoms with E-state index in [9.17, 15) is 22.8 Å². The van der Waals surface area contributed by atoms with Gasteiger partial charge >= 0.3 is 6.18 Å². The number of para-hydroxylation sites is 1. The predicted molar refractivity (Wildman–Crippen MR) is 99.1 cm³/mol. The van der Waals surface area contributed by atoms with E-state index in [2.05, 4.69) is 20.6 Å². The van der Waals surface area contributed by atoms with E-state index < -0.39 is 28.8 Å². The molecule has 0 unspecified atom stereocenters. The maximum Gasteiger partial charge on any atom is 0.418 e. The van der Waals surface area contributed by atoms with Crippen LogP contribution in [0.15, 0.2) is 35.1 Å². The van der Waals surface area contributed by atoms with Crippen LogP contribution >= 0.6 is 12.2 Å². The third-order valence-electron chi connectivity index (χ3n) is 4.14. The zero-order valence-electron chi connectivity index (χ0n) is 15.2. The van der Waals surface area contributed by atoms with Crippen molar-refractivity contribution < 1.29 is 18.0 Å². The van der Waals surface area contributed by atoms with Gasteiger partial charge in [0.25, 0.3) is 5.91 Å². The molecule has 152 valence electrons. The van der Waals surface area contributed by atoms with Gasteiger partial charge in [0.05, 0.1) is 17.8 Å². The van der Waals surface area contributed by atoms with Crippen LogP contribution in [0.5, 0.6) is 0 Å². The predicted octanol–water partition coefficient (Wildman–Crippen LogP) is 2.28. The van der Waals surface area contributed by atoms with Gasteiger partial charge in [0, 0.05) is 18.8 Å². The molecule has 3 aromatic rings. The number of carbonyl (C=O) groups is 1.